The van der Waals surface area contributed by atoms with Crippen LogP contribution in [0.1, 0.15) is 18.1 Å². The first-order valence-corrected chi connectivity index (χ1v) is 14.4. The fourth-order valence-corrected chi connectivity index (χ4v) is 5.10. The molecule has 1 unspecified atom stereocenters. The van der Waals surface area contributed by atoms with Crippen molar-refractivity contribution in [3.8, 4) is 5.75 Å². The number of amides is 2. The van der Waals surface area contributed by atoms with Crippen LogP contribution in [-0.4, -0.2) is 57.6 Å². The minimum absolute atomic E-state index is 0.0575. The highest BCUT2D eigenvalue weighted by atomic mass is 35.5. The number of methoxy groups -OCH3 is 1. The highest BCUT2D eigenvalue weighted by molar-refractivity contribution is 7.92. The molecular formula is C28H31ClFN3O5S. The third-order valence-corrected chi connectivity index (χ3v) is 7.34. The molecule has 39 heavy (non-hydrogen) atoms. The molecule has 11 heteroatoms. The van der Waals surface area contributed by atoms with Crippen LogP contribution < -0.4 is 14.4 Å². The molecule has 0 aliphatic rings. The second kappa shape index (κ2) is 13.4. The number of carbonyl (C=O) groups is 2. The van der Waals surface area contributed by atoms with Gasteiger partial charge < -0.3 is 15.0 Å². The third kappa shape index (κ3) is 8.18. The average Bonchev–Trinajstić information content (AvgIpc) is 2.90. The Balaban J connectivity index is 2.07. The summed E-state index contributed by atoms with van der Waals surface area (Å²) in [5.41, 5.74) is 1.46. The van der Waals surface area contributed by atoms with E-state index in [2.05, 4.69) is 5.32 Å². The Kier molecular flexibility index (Phi) is 10.3. The van der Waals surface area contributed by atoms with E-state index in [9.17, 15) is 22.4 Å². The molecule has 0 fully saturated rings. The summed E-state index contributed by atoms with van der Waals surface area (Å²) in [6.07, 6.45) is 1.15. The maximum atomic E-state index is 14.0. The number of nitrogens with one attached hydrogen (secondary N) is 1. The van der Waals surface area contributed by atoms with Crippen LogP contribution in [-0.2, 0) is 32.6 Å². The number of ether oxygens (including phenoxy) is 1. The first-order chi connectivity index (χ1) is 18.5. The van der Waals surface area contributed by atoms with Gasteiger partial charge in [-0.2, -0.15) is 0 Å². The number of sulfonamides is 1. The molecular weight excluding hydrogens is 545 g/mol. The topological polar surface area (TPSA) is 96.0 Å². The molecule has 0 spiro atoms. The normalized spacial score (nSPS) is 11.9. The molecule has 1 atom stereocenters. The van der Waals surface area contributed by atoms with Gasteiger partial charge in [0, 0.05) is 24.5 Å². The SMILES string of the molecule is CCNC(=O)C(Cc1ccccc1)N(Cc1ccc(F)cc1)C(=O)CN(c1cc(Cl)ccc1OC)S(C)(=O)=O. The van der Waals surface area contributed by atoms with Gasteiger partial charge in [0.15, 0.2) is 0 Å². The molecule has 3 rings (SSSR count). The molecule has 0 aromatic heterocycles. The standard InChI is InChI=1S/C28H31ClFN3O5S/c1-4-31-28(35)25(16-20-8-6-5-7-9-20)32(18-21-10-13-23(30)14-11-21)27(34)19-33(39(3,36)37)24-17-22(29)12-15-26(24)38-2/h5-15,17,25H,4,16,18-19H2,1-3H3,(H,31,35). The summed E-state index contributed by atoms with van der Waals surface area (Å²) in [4.78, 5) is 28.6. The molecule has 0 radical (unpaired) electrons. The molecule has 2 amide bonds. The number of carbonyl (C=O) groups excluding carboxylic acids is 2. The van der Waals surface area contributed by atoms with Gasteiger partial charge in [0.25, 0.3) is 0 Å². The molecule has 0 saturated heterocycles. The van der Waals surface area contributed by atoms with Gasteiger partial charge >= 0.3 is 0 Å². The summed E-state index contributed by atoms with van der Waals surface area (Å²) in [7, 11) is -2.62. The van der Waals surface area contributed by atoms with Gasteiger partial charge in [-0.1, -0.05) is 54.1 Å². The quantitative estimate of drug-likeness (QED) is 0.352. The molecule has 3 aromatic carbocycles. The van der Waals surface area contributed by atoms with Crippen LogP contribution in [0, 0.1) is 5.82 Å². The van der Waals surface area contributed by atoms with Crippen molar-refractivity contribution in [3.63, 3.8) is 0 Å². The van der Waals surface area contributed by atoms with Crippen molar-refractivity contribution in [1.82, 2.24) is 10.2 Å². The van der Waals surface area contributed by atoms with Crippen LogP contribution >= 0.6 is 11.6 Å². The van der Waals surface area contributed by atoms with Crippen molar-refractivity contribution < 1.29 is 27.1 Å². The molecule has 8 nitrogen and oxygen atoms in total. The molecule has 1 N–H and O–H groups in total. The predicted molar refractivity (Wildman–Crippen MR) is 150 cm³/mol. The van der Waals surface area contributed by atoms with E-state index in [-0.39, 0.29) is 29.4 Å². The first kappa shape index (κ1) is 29.9. The second-order valence-electron chi connectivity index (χ2n) is 8.83. The van der Waals surface area contributed by atoms with Crippen LogP contribution in [0.5, 0.6) is 5.75 Å². The highest BCUT2D eigenvalue weighted by Gasteiger charge is 2.33. The van der Waals surface area contributed by atoms with E-state index < -0.39 is 40.2 Å². The Morgan fingerprint density at radius 1 is 1.03 bits per heavy atom. The Morgan fingerprint density at radius 2 is 1.69 bits per heavy atom. The summed E-state index contributed by atoms with van der Waals surface area (Å²) in [5, 5.41) is 3.02. The van der Waals surface area contributed by atoms with Gasteiger partial charge in [-0.05, 0) is 48.4 Å². The van der Waals surface area contributed by atoms with Gasteiger partial charge in [0.05, 0.1) is 19.1 Å². The first-order valence-electron chi connectivity index (χ1n) is 12.2. The average molecular weight is 576 g/mol. The molecule has 3 aromatic rings. The smallest absolute Gasteiger partial charge is 0.244 e. The molecule has 0 aliphatic carbocycles. The number of halogens is 2. The highest BCUT2D eigenvalue weighted by Crippen LogP contribution is 2.33. The van der Waals surface area contributed by atoms with Gasteiger partial charge in [-0.25, -0.2) is 12.8 Å². The second-order valence-corrected chi connectivity index (χ2v) is 11.2. The number of hydrogen-bond acceptors (Lipinski definition) is 5. The molecule has 0 heterocycles. The number of nitrogens with zero attached hydrogens (tertiary/aromatic N) is 2. The van der Waals surface area contributed by atoms with Crippen molar-refractivity contribution in [2.75, 3.05) is 30.8 Å². The number of anilines is 1. The Bertz CT molecular complexity index is 1390. The van der Waals surface area contributed by atoms with Crippen LogP contribution in [0.3, 0.4) is 0 Å². The Hall–Kier alpha value is -3.63. The van der Waals surface area contributed by atoms with Gasteiger partial charge in [0.2, 0.25) is 21.8 Å². The fourth-order valence-electron chi connectivity index (χ4n) is 4.09. The Labute approximate surface area is 233 Å². The lowest BCUT2D eigenvalue weighted by atomic mass is 10.0. The molecule has 208 valence electrons. The maximum absolute atomic E-state index is 14.0. The zero-order chi connectivity index (χ0) is 28.6. The van der Waals surface area contributed by atoms with Crippen LogP contribution in [0.15, 0.2) is 72.8 Å². The summed E-state index contributed by atoms with van der Waals surface area (Å²) in [6, 6.07) is 18.2. The van der Waals surface area contributed by atoms with Gasteiger partial charge in [0.1, 0.15) is 24.2 Å². The number of benzene rings is 3. The van der Waals surface area contributed by atoms with E-state index in [1.165, 1.54) is 54.5 Å². The molecule has 0 bridgehead atoms. The fraction of sp³-hybridized carbons (Fsp3) is 0.286. The minimum Gasteiger partial charge on any atom is -0.495 e. The summed E-state index contributed by atoms with van der Waals surface area (Å²) in [5.74, 6) is -1.29. The summed E-state index contributed by atoms with van der Waals surface area (Å²) in [6.45, 7) is 1.41. The maximum Gasteiger partial charge on any atom is 0.244 e. The summed E-state index contributed by atoms with van der Waals surface area (Å²) >= 11 is 6.15. The minimum atomic E-state index is -3.99. The lowest BCUT2D eigenvalue weighted by Crippen LogP contribution is -2.53. The van der Waals surface area contributed by atoms with Gasteiger partial charge in [-0.15, -0.1) is 0 Å². The monoisotopic (exact) mass is 575 g/mol. The van der Waals surface area contributed by atoms with Crippen molar-refractivity contribution in [3.05, 3.63) is 94.8 Å². The number of rotatable bonds is 12. The molecule has 0 aliphatic heterocycles. The van der Waals surface area contributed by atoms with Crippen molar-refractivity contribution >= 4 is 39.1 Å². The lowest BCUT2D eigenvalue weighted by molar-refractivity contribution is -0.140. The summed E-state index contributed by atoms with van der Waals surface area (Å²) < 4.78 is 45.6. The van der Waals surface area contributed by atoms with E-state index in [1.807, 2.05) is 30.3 Å². The molecule has 0 saturated carbocycles. The van der Waals surface area contributed by atoms with Crippen LogP contribution in [0.25, 0.3) is 0 Å². The zero-order valence-electron chi connectivity index (χ0n) is 21.9. The third-order valence-electron chi connectivity index (χ3n) is 5.98. The van der Waals surface area contributed by atoms with E-state index in [4.69, 9.17) is 16.3 Å². The zero-order valence-corrected chi connectivity index (χ0v) is 23.5. The van der Waals surface area contributed by atoms with Crippen LogP contribution in [0.2, 0.25) is 5.02 Å². The van der Waals surface area contributed by atoms with E-state index in [0.29, 0.717) is 12.1 Å². The van der Waals surface area contributed by atoms with Crippen molar-refractivity contribution in [2.24, 2.45) is 0 Å². The van der Waals surface area contributed by atoms with Crippen molar-refractivity contribution in [2.45, 2.75) is 25.9 Å². The van der Waals surface area contributed by atoms with Crippen molar-refractivity contribution in [1.29, 1.82) is 0 Å². The van der Waals surface area contributed by atoms with E-state index >= 15 is 0 Å². The van der Waals surface area contributed by atoms with Crippen LogP contribution in [0.4, 0.5) is 10.1 Å². The Morgan fingerprint density at radius 3 is 2.28 bits per heavy atom. The number of likely N-dealkylation sites (N-methyl/N-ethyl adjacent to an activating group) is 1. The van der Waals surface area contributed by atoms with Gasteiger partial charge in [-0.3, -0.25) is 13.9 Å². The van der Waals surface area contributed by atoms with E-state index in [0.717, 1.165) is 16.1 Å². The largest absolute Gasteiger partial charge is 0.495 e. The number of hydrogen-bond donors (Lipinski definition) is 1. The van der Waals surface area contributed by atoms with E-state index in [1.54, 1.807) is 6.92 Å². The lowest BCUT2D eigenvalue weighted by Gasteiger charge is -2.33. The predicted octanol–water partition coefficient (Wildman–Crippen LogP) is 4.03.